The zero-order chi connectivity index (χ0) is 25.1. The predicted octanol–water partition coefficient (Wildman–Crippen LogP) is 11.2. The number of esters is 1. The van der Waals surface area contributed by atoms with Gasteiger partial charge in [-0.3, -0.25) is 4.79 Å². The lowest BCUT2D eigenvalue weighted by Crippen LogP contribution is -2.19. The standard InChI is InChI=1S/C32H64O2/c1-5-8-11-13-15-16-17-18-19-20-22-25-28-31(27-24-21-14-12-9-6-2)29-34-32(33)30(4)26-23-10-7-3/h30-31H,5-29H2,1-4H3. The second-order valence-electron chi connectivity index (χ2n) is 11.1. The topological polar surface area (TPSA) is 26.3 Å². The van der Waals surface area contributed by atoms with E-state index in [0.29, 0.717) is 12.5 Å². The Balaban J connectivity index is 4.02. The minimum Gasteiger partial charge on any atom is -0.465 e. The maximum absolute atomic E-state index is 12.4. The summed E-state index contributed by atoms with van der Waals surface area (Å²) in [7, 11) is 0. The molecule has 0 fully saturated rings. The first kappa shape index (κ1) is 33.5. The molecule has 0 aliphatic heterocycles. The van der Waals surface area contributed by atoms with Gasteiger partial charge in [-0.1, -0.05) is 163 Å². The lowest BCUT2D eigenvalue weighted by Gasteiger charge is -2.19. The first-order valence-electron chi connectivity index (χ1n) is 15.8. The van der Waals surface area contributed by atoms with Gasteiger partial charge in [0.2, 0.25) is 0 Å². The number of hydrogen-bond donors (Lipinski definition) is 0. The Kier molecular flexibility index (Phi) is 26.6. The van der Waals surface area contributed by atoms with Gasteiger partial charge in [-0.15, -0.1) is 0 Å². The molecule has 204 valence electrons. The Morgan fingerprint density at radius 1 is 0.500 bits per heavy atom. The van der Waals surface area contributed by atoms with Gasteiger partial charge in [0, 0.05) is 0 Å². The number of carbonyl (C=O) groups excluding carboxylic acids is 1. The van der Waals surface area contributed by atoms with Crippen LogP contribution < -0.4 is 0 Å². The van der Waals surface area contributed by atoms with E-state index in [1.165, 1.54) is 141 Å². The molecule has 0 aromatic carbocycles. The van der Waals surface area contributed by atoms with E-state index in [0.717, 1.165) is 12.8 Å². The Morgan fingerprint density at radius 2 is 0.824 bits per heavy atom. The highest BCUT2D eigenvalue weighted by molar-refractivity contribution is 5.71. The minimum absolute atomic E-state index is 0.0405. The summed E-state index contributed by atoms with van der Waals surface area (Å²) in [6.07, 6.45) is 31.9. The van der Waals surface area contributed by atoms with Gasteiger partial charge >= 0.3 is 5.97 Å². The van der Waals surface area contributed by atoms with Crippen molar-refractivity contribution < 1.29 is 9.53 Å². The fourth-order valence-electron chi connectivity index (χ4n) is 4.96. The Morgan fingerprint density at radius 3 is 1.24 bits per heavy atom. The van der Waals surface area contributed by atoms with Crippen molar-refractivity contribution >= 4 is 5.97 Å². The molecule has 0 rings (SSSR count). The second-order valence-corrected chi connectivity index (χ2v) is 11.1. The van der Waals surface area contributed by atoms with Crippen LogP contribution in [0.5, 0.6) is 0 Å². The van der Waals surface area contributed by atoms with Crippen molar-refractivity contribution in [3.63, 3.8) is 0 Å². The van der Waals surface area contributed by atoms with Gasteiger partial charge in [0.25, 0.3) is 0 Å². The molecule has 2 nitrogen and oxygen atoms in total. The molecule has 0 aliphatic rings. The summed E-state index contributed by atoms with van der Waals surface area (Å²) in [6.45, 7) is 9.49. The molecular weight excluding hydrogens is 416 g/mol. The van der Waals surface area contributed by atoms with E-state index in [2.05, 4.69) is 20.8 Å². The molecule has 2 unspecified atom stereocenters. The van der Waals surface area contributed by atoms with E-state index in [9.17, 15) is 4.79 Å². The Labute approximate surface area is 215 Å². The highest BCUT2D eigenvalue weighted by atomic mass is 16.5. The maximum Gasteiger partial charge on any atom is 0.308 e. The average molecular weight is 481 g/mol. The van der Waals surface area contributed by atoms with Crippen molar-refractivity contribution in [3.8, 4) is 0 Å². The molecular formula is C32H64O2. The number of carbonyl (C=O) groups is 1. The van der Waals surface area contributed by atoms with Gasteiger partial charge in [-0.05, 0) is 25.2 Å². The van der Waals surface area contributed by atoms with Crippen LogP contribution in [0.3, 0.4) is 0 Å². The minimum atomic E-state index is 0.0405. The fraction of sp³-hybridized carbons (Fsp3) is 0.969. The average Bonchev–Trinajstić information content (AvgIpc) is 2.84. The number of ether oxygens (including phenoxy) is 1. The molecule has 0 amide bonds. The van der Waals surface area contributed by atoms with Crippen molar-refractivity contribution in [1.82, 2.24) is 0 Å². The summed E-state index contributed by atoms with van der Waals surface area (Å²) >= 11 is 0. The van der Waals surface area contributed by atoms with Crippen molar-refractivity contribution in [2.75, 3.05) is 6.61 Å². The number of unbranched alkanes of at least 4 members (excludes halogenated alkanes) is 18. The van der Waals surface area contributed by atoms with Gasteiger partial charge in [0.05, 0.1) is 12.5 Å². The maximum atomic E-state index is 12.4. The SMILES string of the molecule is CCCCCCCCCCCCCCC(CCCCCCCC)COC(=O)C(C)CCCCC. The summed E-state index contributed by atoms with van der Waals surface area (Å²) in [5, 5.41) is 0. The molecule has 0 N–H and O–H groups in total. The molecule has 0 aliphatic carbocycles. The molecule has 0 heterocycles. The lowest BCUT2D eigenvalue weighted by atomic mass is 9.94. The van der Waals surface area contributed by atoms with Gasteiger partial charge in [-0.2, -0.15) is 0 Å². The number of hydrogen-bond acceptors (Lipinski definition) is 2. The molecule has 0 aromatic heterocycles. The van der Waals surface area contributed by atoms with Crippen LogP contribution in [-0.2, 0) is 9.53 Å². The highest BCUT2D eigenvalue weighted by Crippen LogP contribution is 2.21. The van der Waals surface area contributed by atoms with Gasteiger partial charge < -0.3 is 4.74 Å². The largest absolute Gasteiger partial charge is 0.465 e. The van der Waals surface area contributed by atoms with E-state index >= 15 is 0 Å². The van der Waals surface area contributed by atoms with E-state index in [1.807, 2.05) is 6.92 Å². The molecule has 0 saturated carbocycles. The molecule has 0 saturated heterocycles. The molecule has 0 spiro atoms. The Bertz CT molecular complexity index is 406. The molecule has 0 radical (unpaired) electrons. The normalized spacial score (nSPS) is 13.2. The van der Waals surface area contributed by atoms with E-state index in [-0.39, 0.29) is 11.9 Å². The third-order valence-electron chi connectivity index (χ3n) is 7.54. The Hall–Kier alpha value is -0.530. The van der Waals surface area contributed by atoms with Gasteiger partial charge in [0.1, 0.15) is 0 Å². The van der Waals surface area contributed by atoms with Crippen LogP contribution in [0.2, 0.25) is 0 Å². The summed E-state index contributed by atoms with van der Waals surface area (Å²) in [6, 6.07) is 0. The number of rotatable bonds is 27. The zero-order valence-corrected chi connectivity index (χ0v) is 24.1. The van der Waals surface area contributed by atoms with E-state index < -0.39 is 0 Å². The van der Waals surface area contributed by atoms with Crippen LogP contribution in [0.1, 0.15) is 182 Å². The highest BCUT2D eigenvalue weighted by Gasteiger charge is 2.17. The van der Waals surface area contributed by atoms with Crippen LogP contribution in [0.25, 0.3) is 0 Å². The quantitative estimate of drug-likeness (QED) is 0.0862. The lowest BCUT2D eigenvalue weighted by molar-refractivity contribution is -0.149. The first-order valence-corrected chi connectivity index (χ1v) is 15.8. The second kappa shape index (κ2) is 27.1. The molecule has 2 atom stereocenters. The van der Waals surface area contributed by atoms with Crippen molar-refractivity contribution in [3.05, 3.63) is 0 Å². The molecule has 0 bridgehead atoms. The molecule has 2 heteroatoms. The first-order chi connectivity index (χ1) is 16.7. The van der Waals surface area contributed by atoms with Crippen LogP contribution in [0.15, 0.2) is 0 Å². The third-order valence-corrected chi connectivity index (χ3v) is 7.54. The van der Waals surface area contributed by atoms with Crippen LogP contribution in [-0.4, -0.2) is 12.6 Å². The van der Waals surface area contributed by atoms with E-state index in [4.69, 9.17) is 4.74 Å². The predicted molar refractivity (Wildman–Crippen MR) is 151 cm³/mol. The molecule has 34 heavy (non-hydrogen) atoms. The van der Waals surface area contributed by atoms with Crippen LogP contribution in [0.4, 0.5) is 0 Å². The fourth-order valence-corrected chi connectivity index (χ4v) is 4.96. The van der Waals surface area contributed by atoms with Crippen molar-refractivity contribution in [1.29, 1.82) is 0 Å². The van der Waals surface area contributed by atoms with Gasteiger partial charge in [-0.25, -0.2) is 0 Å². The smallest absolute Gasteiger partial charge is 0.308 e. The van der Waals surface area contributed by atoms with Crippen molar-refractivity contribution in [2.24, 2.45) is 11.8 Å². The zero-order valence-electron chi connectivity index (χ0n) is 24.1. The summed E-state index contributed by atoms with van der Waals surface area (Å²) in [4.78, 5) is 12.4. The summed E-state index contributed by atoms with van der Waals surface area (Å²) in [5.41, 5.74) is 0. The summed E-state index contributed by atoms with van der Waals surface area (Å²) < 4.78 is 5.81. The molecule has 0 aromatic rings. The van der Waals surface area contributed by atoms with Gasteiger partial charge in [0.15, 0.2) is 0 Å². The summed E-state index contributed by atoms with van der Waals surface area (Å²) in [5.74, 6) is 0.674. The van der Waals surface area contributed by atoms with Crippen LogP contribution in [0, 0.1) is 11.8 Å². The monoisotopic (exact) mass is 480 g/mol. The van der Waals surface area contributed by atoms with E-state index in [1.54, 1.807) is 0 Å². The van der Waals surface area contributed by atoms with Crippen LogP contribution >= 0.6 is 0 Å². The van der Waals surface area contributed by atoms with Crippen molar-refractivity contribution in [2.45, 2.75) is 182 Å². The third kappa shape index (κ3) is 23.2.